The van der Waals surface area contributed by atoms with Crippen molar-refractivity contribution in [1.82, 2.24) is 29.2 Å². The molecule has 2 aromatic heterocycles. The molecule has 0 radical (unpaired) electrons. The molecule has 1 aliphatic rings. The summed E-state index contributed by atoms with van der Waals surface area (Å²) in [5, 5.41) is 6.76. The van der Waals surface area contributed by atoms with Crippen molar-refractivity contribution in [1.29, 1.82) is 0 Å². The summed E-state index contributed by atoms with van der Waals surface area (Å²) >= 11 is 0. The highest BCUT2D eigenvalue weighted by atomic mass is 32.2. The number of sulfonamides is 1. The Hall–Kier alpha value is -2.54. The largest absolute Gasteiger partial charge is 0.364 e. The first-order valence-electron chi connectivity index (χ1n) is 9.11. The first-order valence-corrected chi connectivity index (χ1v) is 10.7. The first kappa shape index (κ1) is 21.2. The zero-order chi connectivity index (χ0) is 20.9. The first-order chi connectivity index (χ1) is 13.9. The van der Waals surface area contributed by atoms with Crippen LogP contribution in [0, 0.1) is 0 Å². The third-order valence-electron chi connectivity index (χ3n) is 4.42. The van der Waals surface area contributed by atoms with Crippen LogP contribution in [0.4, 0.5) is 8.78 Å². The van der Waals surface area contributed by atoms with Gasteiger partial charge in [-0.15, -0.1) is 0 Å². The minimum atomic E-state index is -3.50. The van der Waals surface area contributed by atoms with E-state index in [1.807, 2.05) is 11.8 Å². The van der Waals surface area contributed by atoms with Crippen molar-refractivity contribution >= 4 is 16.0 Å². The van der Waals surface area contributed by atoms with Gasteiger partial charge in [-0.1, -0.05) is 5.16 Å². The van der Waals surface area contributed by atoms with Crippen LogP contribution in [0.1, 0.15) is 25.0 Å². The number of nitrogens with zero attached hydrogens (tertiary/aromatic N) is 6. The highest BCUT2D eigenvalue weighted by Crippen LogP contribution is 2.15. The summed E-state index contributed by atoms with van der Waals surface area (Å²) in [6, 6.07) is 1.52. The van der Waals surface area contributed by atoms with Crippen LogP contribution in [0.15, 0.2) is 34.2 Å². The third kappa shape index (κ3) is 5.29. The molecule has 0 spiro atoms. The lowest BCUT2D eigenvalue weighted by molar-refractivity contribution is 0.0671. The fraction of sp³-hybridized carbons (Fsp3) is 0.562. The van der Waals surface area contributed by atoms with E-state index in [1.165, 1.54) is 29.0 Å². The van der Waals surface area contributed by atoms with E-state index in [-0.39, 0.29) is 31.2 Å². The number of alkyl halides is 2. The van der Waals surface area contributed by atoms with Gasteiger partial charge in [0, 0.05) is 51.2 Å². The molecule has 1 saturated heterocycles. The molecule has 2 aromatic rings. The molecular formula is C16H23F2N7O3S. The van der Waals surface area contributed by atoms with Crippen LogP contribution in [0.2, 0.25) is 0 Å². The molecule has 10 nitrogen and oxygen atoms in total. The minimum Gasteiger partial charge on any atom is -0.364 e. The number of aliphatic imine (C=N–C) groups is 1. The number of aromatic nitrogens is 3. The zero-order valence-corrected chi connectivity index (χ0v) is 16.7. The molecule has 13 heteroatoms. The Labute approximate surface area is 167 Å². The summed E-state index contributed by atoms with van der Waals surface area (Å²) in [6.07, 6.45) is 3.85. The molecule has 3 heterocycles. The van der Waals surface area contributed by atoms with Crippen molar-refractivity contribution in [2.45, 2.75) is 25.8 Å². The molecule has 29 heavy (non-hydrogen) atoms. The maximum Gasteiger partial charge on any atom is 0.319 e. The molecule has 160 valence electrons. The van der Waals surface area contributed by atoms with E-state index >= 15 is 0 Å². The highest BCUT2D eigenvalue weighted by molar-refractivity contribution is 7.88. The summed E-state index contributed by atoms with van der Waals surface area (Å²) in [4.78, 5) is 10.2. The number of guanidine groups is 1. The molecule has 0 aliphatic carbocycles. The zero-order valence-electron chi connectivity index (χ0n) is 15.9. The van der Waals surface area contributed by atoms with Gasteiger partial charge in [0.25, 0.3) is 0 Å². The standard InChI is InChI=1S/C16H23F2N7O3S/c1-2-19-16(21-11-14-20-4-5-25(14)15(17)18)23-6-8-24(9-7-23)29(26,27)12-13-3-10-28-22-13/h3-5,10,15H,2,6-9,11-12H2,1H3,(H,19,21). The average Bonchev–Trinajstić information content (AvgIpc) is 3.36. The van der Waals surface area contributed by atoms with Crippen molar-refractivity contribution in [3.05, 3.63) is 36.2 Å². The van der Waals surface area contributed by atoms with Gasteiger partial charge in [-0.3, -0.25) is 4.57 Å². The molecule has 1 N–H and O–H groups in total. The summed E-state index contributed by atoms with van der Waals surface area (Å²) in [5.74, 6) is 0.475. The van der Waals surface area contributed by atoms with E-state index in [2.05, 4.69) is 25.0 Å². The van der Waals surface area contributed by atoms with Gasteiger partial charge in [0.15, 0.2) is 5.96 Å². The quantitative estimate of drug-likeness (QED) is 0.512. The Kier molecular flexibility index (Phi) is 6.79. The van der Waals surface area contributed by atoms with E-state index < -0.39 is 16.6 Å². The lowest BCUT2D eigenvalue weighted by atomic mass is 10.4. The van der Waals surface area contributed by atoms with Gasteiger partial charge in [-0.2, -0.15) is 13.1 Å². The predicted octanol–water partition coefficient (Wildman–Crippen LogP) is 0.879. The van der Waals surface area contributed by atoms with Crippen molar-refractivity contribution in [2.75, 3.05) is 32.7 Å². The van der Waals surface area contributed by atoms with Crippen LogP contribution in [-0.2, 0) is 22.3 Å². The monoisotopic (exact) mass is 431 g/mol. The Bertz CT molecular complexity index is 907. The van der Waals surface area contributed by atoms with Gasteiger partial charge in [-0.25, -0.2) is 18.4 Å². The number of piperazine rings is 1. The Morgan fingerprint density at radius 2 is 2.10 bits per heavy atom. The van der Waals surface area contributed by atoms with E-state index in [0.717, 1.165) is 4.57 Å². The lowest BCUT2D eigenvalue weighted by Gasteiger charge is -2.35. The third-order valence-corrected chi connectivity index (χ3v) is 6.23. The second-order valence-corrected chi connectivity index (χ2v) is 8.30. The Morgan fingerprint density at radius 1 is 1.34 bits per heavy atom. The van der Waals surface area contributed by atoms with Gasteiger partial charge >= 0.3 is 6.55 Å². The van der Waals surface area contributed by atoms with E-state index in [1.54, 1.807) is 0 Å². The Morgan fingerprint density at radius 3 is 2.72 bits per heavy atom. The molecule has 0 amide bonds. The van der Waals surface area contributed by atoms with Crippen molar-refractivity contribution in [3.8, 4) is 0 Å². The molecular weight excluding hydrogens is 408 g/mol. The maximum absolute atomic E-state index is 13.0. The van der Waals surface area contributed by atoms with Gasteiger partial charge in [0.05, 0.1) is 5.69 Å². The van der Waals surface area contributed by atoms with E-state index in [4.69, 9.17) is 0 Å². The van der Waals surface area contributed by atoms with Crippen molar-refractivity contribution in [3.63, 3.8) is 0 Å². The van der Waals surface area contributed by atoms with E-state index in [0.29, 0.717) is 31.3 Å². The van der Waals surface area contributed by atoms with Crippen molar-refractivity contribution in [2.24, 2.45) is 4.99 Å². The second-order valence-electron chi connectivity index (χ2n) is 6.33. The number of rotatable bonds is 7. The van der Waals surface area contributed by atoms with Crippen LogP contribution in [0.25, 0.3) is 0 Å². The summed E-state index contributed by atoms with van der Waals surface area (Å²) in [7, 11) is -3.50. The van der Waals surface area contributed by atoms with Crippen molar-refractivity contribution < 1.29 is 21.7 Å². The van der Waals surface area contributed by atoms with Gasteiger partial charge in [0.1, 0.15) is 24.4 Å². The second kappa shape index (κ2) is 9.31. The minimum absolute atomic E-state index is 0.00958. The number of halogens is 2. The number of hydrogen-bond acceptors (Lipinski definition) is 6. The molecule has 0 saturated carbocycles. The molecule has 3 rings (SSSR count). The predicted molar refractivity (Wildman–Crippen MR) is 101 cm³/mol. The van der Waals surface area contributed by atoms with E-state index in [9.17, 15) is 17.2 Å². The fourth-order valence-corrected chi connectivity index (χ4v) is 4.41. The molecule has 0 aromatic carbocycles. The number of hydrogen-bond donors (Lipinski definition) is 1. The molecule has 1 fully saturated rings. The van der Waals surface area contributed by atoms with Crippen LogP contribution >= 0.6 is 0 Å². The van der Waals surface area contributed by atoms with Crippen LogP contribution in [0.5, 0.6) is 0 Å². The normalized spacial score (nSPS) is 16.6. The van der Waals surface area contributed by atoms with Gasteiger partial charge in [0.2, 0.25) is 10.0 Å². The van der Waals surface area contributed by atoms with Crippen LogP contribution in [0.3, 0.4) is 0 Å². The summed E-state index contributed by atoms with van der Waals surface area (Å²) in [5.41, 5.74) is 0.358. The molecule has 1 aliphatic heterocycles. The highest BCUT2D eigenvalue weighted by Gasteiger charge is 2.29. The molecule has 0 unspecified atom stereocenters. The maximum atomic E-state index is 13.0. The van der Waals surface area contributed by atoms with Gasteiger partial charge in [-0.05, 0) is 6.92 Å². The lowest BCUT2D eigenvalue weighted by Crippen LogP contribution is -2.53. The SMILES string of the molecule is CCNC(=NCc1nccn1C(F)F)N1CCN(S(=O)(=O)Cc2ccon2)CC1. The van der Waals surface area contributed by atoms with Crippen LogP contribution < -0.4 is 5.32 Å². The molecule has 0 atom stereocenters. The summed E-state index contributed by atoms with van der Waals surface area (Å²) < 4.78 is 57.8. The summed E-state index contributed by atoms with van der Waals surface area (Å²) in [6.45, 7) is 1.22. The topological polar surface area (TPSA) is 109 Å². The number of nitrogens with one attached hydrogen (secondary N) is 1. The average molecular weight is 431 g/mol. The van der Waals surface area contributed by atoms with Crippen LogP contribution in [-0.4, -0.2) is 71.0 Å². The number of imidazole rings is 1. The smallest absolute Gasteiger partial charge is 0.319 e. The molecule has 0 bridgehead atoms. The van der Waals surface area contributed by atoms with Gasteiger partial charge < -0.3 is 14.7 Å². The fourth-order valence-electron chi connectivity index (χ4n) is 2.98. The Balaban J connectivity index is 1.62.